The number of halogens is 1. The number of carbonyl (C=O) groups excluding carboxylic acids is 1. The molecular weight excluding hydrogens is 350 g/mol. The number of amides is 1. The van der Waals surface area contributed by atoms with Gasteiger partial charge in [-0.2, -0.15) is 0 Å². The van der Waals surface area contributed by atoms with Gasteiger partial charge in [-0.1, -0.05) is 41.6 Å². The van der Waals surface area contributed by atoms with Crippen molar-refractivity contribution in [1.29, 1.82) is 0 Å². The van der Waals surface area contributed by atoms with Crippen molar-refractivity contribution in [3.05, 3.63) is 52.6 Å². The Labute approximate surface area is 147 Å². The van der Waals surface area contributed by atoms with Gasteiger partial charge in [0.05, 0.1) is 5.25 Å². The Morgan fingerprint density at radius 2 is 2.17 bits per heavy atom. The molecular formula is C16H14ClN3OS2. The van der Waals surface area contributed by atoms with Crippen LogP contribution in [-0.2, 0) is 11.3 Å². The number of carbonyl (C=O) groups is 1. The Morgan fingerprint density at radius 3 is 3.00 bits per heavy atom. The molecule has 0 aliphatic carbocycles. The van der Waals surface area contributed by atoms with E-state index >= 15 is 0 Å². The highest BCUT2D eigenvalue weighted by molar-refractivity contribution is 8.00. The summed E-state index contributed by atoms with van der Waals surface area (Å²) < 4.78 is 0. The van der Waals surface area contributed by atoms with E-state index in [9.17, 15) is 4.79 Å². The van der Waals surface area contributed by atoms with Crippen molar-refractivity contribution in [1.82, 2.24) is 15.3 Å². The second-order valence-corrected chi connectivity index (χ2v) is 7.52. The van der Waals surface area contributed by atoms with E-state index in [0.717, 1.165) is 20.8 Å². The molecule has 7 heteroatoms. The van der Waals surface area contributed by atoms with Crippen LogP contribution < -0.4 is 5.32 Å². The molecule has 23 heavy (non-hydrogen) atoms. The van der Waals surface area contributed by atoms with Crippen LogP contribution in [0.2, 0.25) is 5.02 Å². The summed E-state index contributed by atoms with van der Waals surface area (Å²) in [5, 5.41) is 7.12. The zero-order valence-corrected chi connectivity index (χ0v) is 14.7. The third kappa shape index (κ3) is 3.83. The lowest BCUT2D eigenvalue weighted by Gasteiger charge is -2.12. The number of hydrogen-bond donors (Lipinski definition) is 1. The lowest BCUT2D eigenvalue weighted by Crippen LogP contribution is -2.30. The first-order valence-electron chi connectivity index (χ1n) is 7.01. The SMILES string of the molecule is C[C@H](Sc1ncnc2sccc12)C(=O)NCc1ccccc1Cl. The van der Waals surface area contributed by atoms with Gasteiger partial charge < -0.3 is 5.32 Å². The molecule has 2 aromatic heterocycles. The predicted molar refractivity (Wildman–Crippen MR) is 96.0 cm³/mol. The van der Waals surface area contributed by atoms with Gasteiger partial charge in [-0.25, -0.2) is 9.97 Å². The van der Waals surface area contributed by atoms with Crippen LogP contribution in [0.5, 0.6) is 0 Å². The summed E-state index contributed by atoms with van der Waals surface area (Å²) in [7, 11) is 0. The molecule has 1 atom stereocenters. The predicted octanol–water partition coefficient (Wildman–Crippen LogP) is 4.14. The molecule has 118 valence electrons. The fraction of sp³-hybridized carbons (Fsp3) is 0.188. The van der Waals surface area contributed by atoms with E-state index < -0.39 is 0 Å². The van der Waals surface area contributed by atoms with Crippen molar-refractivity contribution >= 4 is 50.8 Å². The normalized spacial score (nSPS) is 12.3. The number of hydrogen-bond acceptors (Lipinski definition) is 5. The van der Waals surface area contributed by atoms with Gasteiger partial charge in [0, 0.05) is 17.0 Å². The monoisotopic (exact) mass is 363 g/mol. The molecule has 0 saturated heterocycles. The molecule has 0 unspecified atom stereocenters. The van der Waals surface area contributed by atoms with E-state index in [4.69, 9.17) is 11.6 Å². The Bertz CT molecular complexity index is 837. The average Bonchev–Trinajstić information content (AvgIpc) is 3.03. The first kappa shape index (κ1) is 16.2. The Morgan fingerprint density at radius 1 is 1.35 bits per heavy atom. The van der Waals surface area contributed by atoms with Crippen molar-refractivity contribution in [2.45, 2.75) is 23.7 Å². The summed E-state index contributed by atoms with van der Waals surface area (Å²) in [6.45, 7) is 2.29. The van der Waals surface area contributed by atoms with Crippen LogP contribution in [0.4, 0.5) is 0 Å². The summed E-state index contributed by atoms with van der Waals surface area (Å²) in [4.78, 5) is 21.7. The molecule has 0 radical (unpaired) electrons. The van der Waals surface area contributed by atoms with Crippen molar-refractivity contribution in [3.63, 3.8) is 0 Å². The van der Waals surface area contributed by atoms with E-state index in [1.807, 2.05) is 42.6 Å². The van der Waals surface area contributed by atoms with E-state index in [0.29, 0.717) is 11.6 Å². The number of nitrogens with zero attached hydrogens (tertiary/aromatic N) is 2. The van der Waals surface area contributed by atoms with Gasteiger partial charge >= 0.3 is 0 Å². The summed E-state index contributed by atoms with van der Waals surface area (Å²) in [6.07, 6.45) is 1.54. The molecule has 0 aliphatic rings. The lowest BCUT2D eigenvalue weighted by atomic mass is 10.2. The number of fused-ring (bicyclic) bond motifs is 1. The summed E-state index contributed by atoms with van der Waals surface area (Å²) in [5.41, 5.74) is 0.905. The maximum Gasteiger partial charge on any atom is 0.233 e. The number of rotatable bonds is 5. The molecule has 3 aromatic rings. The second kappa shape index (κ2) is 7.29. The number of nitrogens with one attached hydrogen (secondary N) is 1. The molecule has 0 aliphatic heterocycles. The lowest BCUT2D eigenvalue weighted by molar-refractivity contribution is -0.120. The van der Waals surface area contributed by atoms with Crippen molar-refractivity contribution in [3.8, 4) is 0 Å². The zero-order valence-electron chi connectivity index (χ0n) is 12.3. The fourth-order valence-electron chi connectivity index (χ4n) is 2.05. The third-order valence-electron chi connectivity index (χ3n) is 3.29. The minimum absolute atomic E-state index is 0.0445. The molecule has 3 rings (SSSR count). The first-order chi connectivity index (χ1) is 11.1. The summed E-state index contributed by atoms with van der Waals surface area (Å²) >= 11 is 9.10. The highest BCUT2D eigenvalue weighted by atomic mass is 35.5. The Kier molecular flexibility index (Phi) is 5.15. The number of thioether (sulfide) groups is 1. The highest BCUT2D eigenvalue weighted by Gasteiger charge is 2.17. The average molecular weight is 364 g/mol. The third-order valence-corrected chi connectivity index (χ3v) is 5.60. The van der Waals surface area contributed by atoms with Gasteiger partial charge in [0.2, 0.25) is 5.91 Å². The van der Waals surface area contributed by atoms with Crippen molar-refractivity contribution in [2.24, 2.45) is 0 Å². The smallest absolute Gasteiger partial charge is 0.233 e. The van der Waals surface area contributed by atoms with Crippen LogP contribution in [0.1, 0.15) is 12.5 Å². The van der Waals surface area contributed by atoms with Crippen LogP contribution in [-0.4, -0.2) is 21.1 Å². The van der Waals surface area contributed by atoms with Crippen LogP contribution in [0, 0.1) is 0 Å². The maximum absolute atomic E-state index is 12.3. The minimum atomic E-state index is -0.254. The van der Waals surface area contributed by atoms with E-state index in [1.165, 1.54) is 18.1 Å². The van der Waals surface area contributed by atoms with Gasteiger partial charge in [0.25, 0.3) is 0 Å². The molecule has 0 saturated carbocycles. The van der Waals surface area contributed by atoms with Crippen LogP contribution in [0.25, 0.3) is 10.2 Å². The number of thiophene rings is 1. The number of benzene rings is 1. The van der Waals surface area contributed by atoms with E-state index in [2.05, 4.69) is 15.3 Å². The fourth-order valence-corrected chi connectivity index (χ4v) is 3.97. The topological polar surface area (TPSA) is 54.9 Å². The quantitative estimate of drug-likeness (QED) is 0.546. The van der Waals surface area contributed by atoms with Crippen LogP contribution >= 0.6 is 34.7 Å². The van der Waals surface area contributed by atoms with Crippen LogP contribution in [0.3, 0.4) is 0 Å². The molecule has 1 N–H and O–H groups in total. The molecule has 0 fully saturated rings. The van der Waals surface area contributed by atoms with Crippen molar-refractivity contribution in [2.75, 3.05) is 0 Å². The molecule has 1 amide bonds. The van der Waals surface area contributed by atoms with Gasteiger partial charge in [-0.15, -0.1) is 11.3 Å². The highest BCUT2D eigenvalue weighted by Crippen LogP contribution is 2.30. The largest absolute Gasteiger partial charge is 0.351 e. The van der Waals surface area contributed by atoms with Crippen molar-refractivity contribution < 1.29 is 4.79 Å². The minimum Gasteiger partial charge on any atom is -0.351 e. The molecule has 0 spiro atoms. The Hall–Kier alpha value is -1.63. The standard InChI is InChI=1S/C16H14ClN3OS2/c1-10(14(21)18-8-11-4-2-3-5-13(11)17)23-16-12-6-7-22-15(12)19-9-20-16/h2-7,9-10H,8H2,1H3,(H,18,21)/t10-/m0/s1. The zero-order chi connectivity index (χ0) is 16.2. The number of aromatic nitrogens is 2. The maximum atomic E-state index is 12.3. The molecule has 2 heterocycles. The van der Waals surface area contributed by atoms with Crippen LogP contribution in [0.15, 0.2) is 47.1 Å². The molecule has 4 nitrogen and oxygen atoms in total. The van der Waals surface area contributed by atoms with E-state index in [1.54, 1.807) is 11.3 Å². The van der Waals surface area contributed by atoms with Gasteiger partial charge in [0.15, 0.2) is 0 Å². The molecule has 1 aromatic carbocycles. The van der Waals surface area contributed by atoms with E-state index in [-0.39, 0.29) is 11.2 Å². The van der Waals surface area contributed by atoms with Gasteiger partial charge in [-0.05, 0) is 30.0 Å². The van der Waals surface area contributed by atoms with Gasteiger partial charge in [0.1, 0.15) is 16.2 Å². The summed E-state index contributed by atoms with van der Waals surface area (Å²) in [6, 6.07) is 9.47. The Balaban J connectivity index is 1.64. The van der Waals surface area contributed by atoms with Gasteiger partial charge in [-0.3, -0.25) is 4.79 Å². The molecule has 0 bridgehead atoms. The first-order valence-corrected chi connectivity index (χ1v) is 9.15. The summed E-state index contributed by atoms with van der Waals surface area (Å²) in [5.74, 6) is -0.0445. The second-order valence-electron chi connectivity index (χ2n) is 4.89.